The Hall–Kier alpha value is -0.880. The minimum atomic E-state index is -3.17. The van der Waals surface area contributed by atoms with Crippen molar-refractivity contribution in [1.82, 2.24) is 0 Å². The van der Waals surface area contributed by atoms with Gasteiger partial charge in [0.25, 0.3) is 0 Å². The molecule has 0 radical (unpaired) electrons. The lowest BCUT2D eigenvalue weighted by atomic mass is 10.2. The van der Waals surface area contributed by atoms with E-state index in [4.69, 9.17) is 5.73 Å². The van der Waals surface area contributed by atoms with Crippen molar-refractivity contribution < 1.29 is 17.9 Å². The highest BCUT2D eigenvalue weighted by molar-refractivity contribution is 7.93. The maximum absolute atomic E-state index is 10.7. The molecule has 0 saturated carbocycles. The summed E-state index contributed by atoms with van der Waals surface area (Å²) in [5.41, 5.74) is 5.41. The molecule has 0 aromatic carbocycles. The van der Waals surface area contributed by atoms with Crippen molar-refractivity contribution >= 4 is 15.8 Å². The Kier molecular flexibility index (Phi) is 4.64. The number of carbonyl (C=O) groups is 1. The highest BCUT2D eigenvalue weighted by atomic mass is 32.2. The first-order chi connectivity index (χ1) is 5.85. The predicted octanol–water partition coefficient (Wildman–Crippen LogP) is -0.565. The van der Waals surface area contributed by atoms with Gasteiger partial charge in [0.1, 0.15) is 0 Å². The van der Waals surface area contributed by atoms with E-state index in [1.165, 1.54) is 13.2 Å². The van der Waals surface area contributed by atoms with Crippen LogP contribution in [-0.4, -0.2) is 33.8 Å². The lowest BCUT2D eigenvalue weighted by Crippen LogP contribution is -2.22. The van der Waals surface area contributed by atoms with E-state index >= 15 is 0 Å². The van der Waals surface area contributed by atoms with Crippen LogP contribution >= 0.6 is 0 Å². The van der Waals surface area contributed by atoms with Crippen LogP contribution < -0.4 is 5.73 Å². The first-order valence-electron chi connectivity index (χ1n) is 3.56. The van der Waals surface area contributed by atoms with Crippen LogP contribution in [0.25, 0.3) is 0 Å². The second kappa shape index (κ2) is 4.98. The lowest BCUT2D eigenvalue weighted by Gasteiger charge is -2.03. The SMILES string of the molecule is COC(=O)CC(N)C=CS(C)(=O)=O. The molecule has 5 nitrogen and oxygen atoms in total. The molecule has 0 bridgehead atoms. The Morgan fingerprint density at radius 2 is 2.15 bits per heavy atom. The fraction of sp³-hybridized carbons (Fsp3) is 0.571. The Balaban J connectivity index is 4.09. The Labute approximate surface area is 77.5 Å². The van der Waals surface area contributed by atoms with Crippen LogP contribution in [0.1, 0.15) is 6.42 Å². The normalized spacial score (nSPS) is 14.4. The Bertz CT molecular complexity index is 294. The monoisotopic (exact) mass is 207 g/mol. The molecule has 0 spiro atoms. The molecule has 0 aromatic rings. The van der Waals surface area contributed by atoms with Crippen molar-refractivity contribution in [3.63, 3.8) is 0 Å². The number of ether oxygens (including phenoxy) is 1. The lowest BCUT2D eigenvalue weighted by molar-refractivity contribution is -0.140. The van der Waals surface area contributed by atoms with Crippen LogP contribution in [0.2, 0.25) is 0 Å². The van der Waals surface area contributed by atoms with Crippen molar-refractivity contribution in [1.29, 1.82) is 0 Å². The topological polar surface area (TPSA) is 86.5 Å². The maximum atomic E-state index is 10.7. The molecule has 0 amide bonds. The van der Waals surface area contributed by atoms with Gasteiger partial charge in [0.05, 0.1) is 13.5 Å². The van der Waals surface area contributed by atoms with Crippen molar-refractivity contribution in [2.75, 3.05) is 13.4 Å². The van der Waals surface area contributed by atoms with E-state index in [-0.39, 0.29) is 6.42 Å². The molecule has 13 heavy (non-hydrogen) atoms. The molecule has 1 atom stereocenters. The van der Waals surface area contributed by atoms with Gasteiger partial charge in [-0.25, -0.2) is 8.42 Å². The maximum Gasteiger partial charge on any atom is 0.307 e. The van der Waals surface area contributed by atoms with E-state index in [9.17, 15) is 13.2 Å². The quantitative estimate of drug-likeness (QED) is 0.624. The number of hydrogen-bond acceptors (Lipinski definition) is 5. The molecule has 0 aromatic heterocycles. The number of hydrogen-bond donors (Lipinski definition) is 1. The van der Waals surface area contributed by atoms with Gasteiger partial charge < -0.3 is 10.5 Å². The van der Waals surface area contributed by atoms with Crippen molar-refractivity contribution in [3.8, 4) is 0 Å². The summed E-state index contributed by atoms with van der Waals surface area (Å²) in [7, 11) is -1.93. The van der Waals surface area contributed by atoms with E-state index in [1.54, 1.807) is 0 Å². The number of esters is 1. The van der Waals surface area contributed by atoms with E-state index in [0.29, 0.717) is 0 Å². The molecular formula is C7H13NO4S. The van der Waals surface area contributed by atoms with Gasteiger partial charge in [-0.3, -0.25) is 4.79 Å². The van der Waals surface area contributed by atoms with Gasteiger partial charge in [0.2, 0.25) is 0 Å². The van der Waals surface area contributed by atoms with Gasteiger partial charge in [-0.1, -0.05) is 6.08 Å². The molecule has 0 aliphatic carbocycles. The second-order valence-electron chi connectivity index (χ2n) is 2.60. The molecule has 0 heterocycles. The average Bonchev–Trinajstić information content (AvgIpc) is 1.99. The highest BCUT2D eigenvalue weighted by Crippen LogP contribution is 1.95. The molecule has 0 saturated heterocycles. The molecule has 0 rings (SSSR count). The molecule has 1 unspecified atom stereocenters. The summed E-state index contributed by atoms with van der Waals surface area (Å²) in [5.74, 6) is -0.467. The standard InChI is InChI=1S/C7H13NO4S/c1-12-7(9)5-6(8)3-4-13(2,10)11/h3-4,6H,5,8H2,1-2H3. The van der Waals surface area contributed by atoms with Crippen LogP contribution in [0, 0.1) is 0 Å². The zero-order valence-corrected chi connectivity index (χ0v) is 8.37. The van der Waals surface area contributed by atoms with Gasteiger partial charge in [-0.15, -0.1) is 0 Å². The fourth-order valence-corrected chi connectivity index (χ4v) is 1.07. The third-order valence-electron chi connectivity index (χ3n) is 1.20. The number of nitrogens with two attached hydrogens (primary N) is 1. The Morgan fingerprint density at radius 1 is 1.62 bits per heavy atom. The molecule has 0 aliphatic rings. The number of sulfone groups is 1. The van der Waals surface area contributed by atoms with Crippen molar-refractivity contribution in [2.24, 2.45) is 5.73 Å². The zero-order chi connectivity index (χ0) is 10.5. The predicted molar refractivity (Wildman–Crippen MR) is 48.6 cm³/mol. The van der Waals surface area contributed by atoms with Gasteiger partial charge in [0.15, 0.2) is 9.84 Å². The summed E-state index contributed by atoms with van der Waals surface area (Å²) in [4.78, 5) is 10.7. The third-order valence-corrected chi connectivity index (χ3v) is 1.85. The smallest absolute Gasteiger partial charge is 0.307 e. The molecule has 76 valence electrons. The van der Waals surface area contributed by atoms with E-state index < -0.39 is 21.8 Å². The van der Waals surface area contributed by atoms with Crippen LogP contribution in [0.3, 0.4) is 0 Å². The van der Waals surface area contributed by atoms with Gasteiger partial charge in [-0.05, 0) is 0 Å². The Morgan fingerprint density at radius 3 is 2.54 bits per heavy atom. The summed E-state index contributed by atoms with van der Waals surface area (Å²) < 4.78 is 25.6. The minimum absolute atomic E-state index is 0.0253. The molecule has 0 aliphatic heterocycles. The largest absolute Gasteiger partial charge is 0.469 e. The summed E-state index contributed by atoms with van der Waals surface area (Å²) in [5, 5.41) is 0.973. The van der Waals surface area contributed by atoms with Crippen molar-refractivity contribution in [3.05, 3.63) is 11.5 Å². The molecule has 2 N–H and O–H groups in total. The third kappa shape index (κ3) is 7.48. The van der Waals surface area contributed by atoms with E-state index in [2.05, 4.69) is 4.74 Å². The summed E-state index contributed by atoms with van der Waals surface area (Å²) >= 11 is 0. The van der Waals surface area contributed by atoms with Gasteiger partial charge >= 0.3 is 5.97 Å². The fourth-order valence-electron chi connectivity index (χ4n) is 0.587. The second-order valence-corrected chi connectivity index (χ2v) is 4.53. The first kappa shape index (κ1) is 12.1. The van der Waals surface area contributed by atoms with E-state index in [0.717, 1.165) is 11.7 Å². The van der Waals surface area contributed by atoms with Crippen LogP contribution in [0.15, 0.2) is 11.5 Å². The van der Waals surface area contributed by atoms with Crippen LogP contribution in [0.5, 0.6) is 0 Å². The van der Waals surface area contributed by atoms with Crippen molar-refractivity contribution in [2.45, 2.75) is 12.5 Å². The number of methoxy groups -OCH3 is 1. The number of carbonyl (C=O) groups excluding carboxylic acids is 1. The summed E-state index contributed by atoms with van der Waals surface area (Å²) in [6.07, 6.45) is 2.28. The molecule has 0 fully saturated rings. The van der Waals surface area contributed by atoms with E-state index in [1.807, 2.05) is 0 Å². The zero-order valence-electron chi connectivity index (χ0n) is 7.56. The van der Waals surface area contributed by atoms with Crippen LogP contribution in [-0.2, 0) is 19.4 Å². The molecule has 6 heteroatoms. The average molecular weight is 207 g/mol. The highest BCUT2D eigenvalue weighted by Gasteiger charge is 2.06. The first-order valence-corrected chi connectivity index (χ1v) is 5.51. The summed E-state index contributed by atoms with van der Waals surface area (Å²) in [6.45, 7) is 0. The summed E-state index contributed by atoms with van der Waals surface area (Å²) in [6, 6.07) is -0.623. The van der Waals surface area contributed by atoms with Gasteiger partial charge in [0, 0.05) is 17.7 Å². The van der Waals surface area contributed by atoms with Crippen LogP contribution in [0.4, 0.5) is 0 Å². The minimum Gasteiger partial charge on any atom is -0.469 e. The number of rotatable bonds is 4. The van der Waals surface area contributed by atoms with Gasteiger partial charge in [-0.2, -0.15) is 0 Å². The molecular weight excluding hydrogens is 194 g/mol.